The Morgan fingerprint density at radius 3 is 2.05 bits per heavy atom. The van der Waals surface area contributed by atoms with Gasteiger partial charge in [0.15, 0.2) is 0 Å². The number of nitrogens with two attached hydrogens (primary N) is 1. The van der Waals surface area contributed by atoms with Crippen LogP contribution in [-0.4, -0.2) is 65.3 Å². The lowest BCUT2D eigenvalue weighted by Gasteiger charge is -2.51. The summed E-state index contributed by atoms with van der Waals surface area (Å²) in [6.45, 7) is 10.0. The topological polar surface area (TPSA) is 102 Å². The van der Waals surface area contributed by atoms with Gasteiger partial charge in [-0.25, -0.2) is 9.59 Å². The summed E-state index contributed by atoms with van der Waals surface area (Å²) in [5.74, 6) is -0.800. The second-order valence-electron chi connectivity index (χ2n) is 11.3. The second-order valence-corrected chi connectivity index (χ2v) is 11.3. The molecule has 1 saturated heterocycles. The number of carbonyl (C=O) groups is 3. The predicted octanol–water partition coefficient (Wildman–Crippen LogP) is 4.76. The number of rotatable bonds is 5. The van der Waals surface area contributed by atoms with Crippen LogP contribution in [0.1, 0.15) is 58.1 Å². The lowest BCUT2D eigenvalue weighted by atomic mass is 9.79. The van der Waals surface area contributed by atoms with E-state index in [0.29, 0.717) is 0 Å². The van der Waals surface area contributed by atoms with E-state index in [1.165, 1.54) is 0 Å². The zero-order chi connectivity index (χ0) is 27.0. The van der Waals surface area contributed by atoms with Crippen molar-refractivity contribution in [3.05, 3.63) is 59.7 Å². The van der Waals surface area contributed by atoms with Crippen molar-refractivity contribution in [2.45, 2.75) is 58.1 Å². The van der Waals surface area contributed by atoms with Gasteiger partial charge in [0.2, 0.25) is 5.91 Å². The van der Waals surface area contributed by atoms with E-state index < -0.39 is 29.2 Å². The molecule has 1 atom stereocenters. The summed E-state index contributed by atoms with van der Waals surface area (Å²) >= 11 is 0. The van der Waals surface area contributed by atoms with Crippen molar-refractivity contribution >= 4 is 18.1 Å². The number of fused-ring (bicyclic) bond motifs is 3. The summed E-state index contributed by atoms with van der Waals surface area (Å²) in [7, 11) is 0. The molecule has 1 aliphatic carbocycles. The fourth-order valence-corrected chi connectivity index (χ4v) is 5.52. The molecule has 0 aromatic heterocycles. The van der Waals surface area contributed by atoms with Gasteiger partial charge in [0.25, 0.3) is 0 Å². The average molecular weight is 508 g/mol. The van der Waals surface area contributed by atoms with Gasteiger partial charge in [-0.2, -0.15) is 0 Å². The van der Waals surface area contributed by atoms with Gasteiger partial charge < -0.3 is 20.1 Å². The van der Waals surface area contributed by atoms with Crippen LogP contribution in [-0.2, 0) is 14.3 Å². The van der Waals surface area contributed by atoms with Crippen LogP contribution in [0.15, 0.2) is 48.5 Å². The average Bonchev–Trinajstić information content (AvgIpc) is 3.14. The third kappa shape index (κ3) is 5.29. The van der Waals surface area contributed by atoms with Crippen LogP contribution in [0.25, 0.3) is 11.1 Å². The molecule has 0 saturated carbocycles. The molecule has 8 heteroatoms. The minimum Gasteiger partial charge on any atom is -0.448 e. The van der Waals surface area contributed by atoms with Crippen LogP contribution in [0.5, 0.6) is 0 Å². The van der Waals surface area contributed by atoms with Gasteiger partial charge in [-0.1, -0.05) is 62.4 Å². The second kappa shape index (κ2) is 10.1. The van der Waals surface area contributed by atoms with E-state index in [2.05, 4.69) is 24.3 Å². The largest absolute Gasteiger partial charge is 0.448 e. The van der Waals surface area contributed by atoms with Gasteiger partial charge in [0.1, 0.15) is 12.2 Å². The maximum absolute atomic E-state index is 13.6. The summed E-state index contributed by atoms with van der Waals surface area (Å²) in [5, 5.41) is 0. The Labute approximate surface area is 218 Å². The van der Waals surface area contributed by atoms with Gasteiger partial charge in [0, 0.05) is 25.6 Å². The first-order valence-electron chi connectivity index (χ1n) is 12.8. The highest BCUT2D eigenvalue weighted by atomic mass is 16.6. The molecule has 0 spiro atoms. The monoisotopic (exact) mass is 507 g/mol. The number of piperazine rings is 1. The third-order valence-electron chi connectivity index (χ3n) is 7.36. The minimum atomic E-state index is -1.01. The minimum absolute atomic E-state index is 0.0796. The molecular formula is C29H37N3O5. The number of amides is 3. The first-order chi connectivity index (χ1) is 17.4. The highest BCUT2D eigenvalue weighted by molar-refractivity contribution is 5.80. The van der Waals surface area contributed by atoms with Crippen molar-refractivity contribution in [1.82, 2.24) is 9.80 Å². The van der Waals surface area contributed by atoms with Gasteiger partial charge in [-0.15, -0.1) is 0 Å². The van der Waals surface area contributed by atoms with E-state index in [-0.39, 0.29) is 44.5 Å². The van der Waals surface area contributed by atoms with Crippen molar-refractivity contribution in [1.29, 1.82) is 0 Å². The Morgan fingerprint density at radius 1 is 0.973 bits per heavy atom. The van der Waals surface area contributed by atoms with Gasteiger partial charge in [-0.05, 0) is 48.9 Å². The molecule has 2 N–H and O–H groups in total. The Hall–Kier alpha value is -3.55. The maximum atomic E-state index is 13.6. The van der Waals surface area contributed by atoms with Gasteiger partial charge >= 0.3 is 12.2 Å². The van der Waals surface area contributed by atoms with Crippen molar-refractivity contribution in [2.24, 2.45) is 11.7 Å². The summed E-state index contributed by atoms with van der Waals surface area (Å²) in [6, 6.07) is 16.3. The summed E-state index contributed by atoms with van der Waals surface area (Å²) < 4.78 is 11.5. The van der Waals surface area contributed by atoms with E-state index in [1.807, 2.05) is 38.1 Å². The van der Waals surface area contributed by atoms with Gasteiger partial charge in [-0.3, -0.25) is 9.69 Å². The first-order valence-corrected chi connectivity index (χ1v) is 12.8. The van der Waals surface area contributed by atoms with Crippen molar-refractivity contribution in [3.63, 3.8) is 0 Å². The highest BCUT2D eigenvalue weighted by Gasteiger charge is 2.50. The molecule has 1 aliphatic heterocycles. The SMILES string of the molecule is CC(C)C1(CC(N)=O)CN(C(=O)OC(C)(C)C)CCN1C(=O)OCC1c2ccccc2-c2ccccc21. The molecule has 1 fully saturated rings. The fraction of sp³-hybridized carbons (Fsp3) is 0.483. The molecule has 0 bridgehead atoms. The van der Waals surface area contributed by atoms with Crippen LogP contribution in [0.4, 0.5) is 9.59 Å². The molecule has 2 aromatic rings. The molecule has 4 rings (SSSR count). The smallest absolute Gasteiger partial charge is 0.410 e. The maximum Gasteiger partial charge on any atom is 0.410 e. The summed E-state index contributed by atoms with van der Waals surface area (Å²) in [4.78, 5) is 41.8. The first kappa shape index (κ1) is 26.5. The van der Waals surface area contributed by atoms with Crippen LogP contribution in [0.3, 0.4) is 0 Å². The number of carbonyl (C=O) groups excluding carboxylic acids is 3. The molecule has 3 amide bonds. The van der Waals surface area contributed by atoms with Crippen molar-refractivity contribution in [2.75, 3.05) is 26.2 Å². The number of primary amides is 1. The lowest BCUT2D eigenvalue weighted by molar-refractivity contribution is -0.123. The van der Waals surface area contributed by atoms with E-state index in [9.17, 15) is 14.4 Å². The highest BCUT2D eigenvalue weighted by Crippen LogP contribution is 2.44. The van der Waals surface area contributed by atoms with Crippen LogP contribution in [0.2, 0.25) is 0 Å². The van der Waals surface area contributed by atoms with Gasteiger partial charge in [0.05, 0.1) is 12.0 Å². The molecular weight excluding hydrogens is 470 g/mol. The molecule has 8 nitrogen and oxygen atoms in total. The summed E-state index contributed by atoms with van der Waals surface area (Å²) in [6.07, 6.45) is -1.08. The zero-order valence-electron chi connectivity index (χ0n) is 22.3. The van der Waals surface area contributed by atoms with Crippen molar-refractivity contribution in [3.8, 4) is 11.1 Å². The Kier molecular flexibility index (Phi) is 7.22. The Morgan fingerprint density at radius 2 is 1.54 bits per heavy atom. The van der Waals surface area contributed by atoms with E-state index in [0.717, 1.165) is 22.3 Å². The zero-order valence-corrected chi connectivity index (χ0v) is 22.3. The van der Waals surface area contributed by atoms with E-state index in [4.69, 9.17) is 15.2 Å². The van der Waals surface area contributed by atoms with E-state index >= 15 is 0 Å². The van der Waals surface area contributed by atoms with Crippen molar-refractivity contribution < 1.29 is 23.9 Å². The number of nitrogens with zero attached hydrogens (tertiary/aromatic N) is 2. The third-order valence-corrected chi connectivity index (χ3v) is 7.36. The molecule has 1 unspecified atom stereocenters. The Balaban J connectivity index is 1.56. The number of benzene rings is 2. The fourth-order valence-electron chi connectivity index (χ4n) is 5.52. The number of hydrogen-bond donors (Lipinski definition) is 1. The van der Waals surface area contributed by atoms with Crippen LogP contribution >= 0.6 is 0 Å². The molecule has 2 aromatic carbocycles. The molecule has 1 heterocycles. The molecule has 37 heavy (non-hydrogen) atoms. The van der Waals surface area contributed by atoms with Crippen LogP contribution < -0.4 is 5.73 Å². The number of hydrogen-bond acceptors (Lipinski definition) is 5. The lowest BCUT2D eigenvalue weighted by Crippen LogP contribution is -2.68. The Bertz CT molecular complexity index is 1140. The predicted molar refractivity (Wildman–Crippen MR) is 141 cm³/mol. The molecule has 198 valence electrons. The quantitative estimate of drug-likeness (QED) is 0.629. The normalized spacial score (nSPS) is 19.4. The number of ether oxygens (including phenoxy) is 2. The standard InChI is InChI=1S/C29H37N3O5/c1-19(2)29(16-25(30)33)18-31(26(34)37-28(3,4)5)14-15-32(29)27(35)36-17-24-22-12-8-6-10-20(22)21-11-7-9-13-23(21)24/h6-13,19,24H,14-18H2,1-5H3,(H2,30,33). The van der Waals surface area contributed by atoms with Crippen LogP contribution in [0, 0.1) is 5.92 Å². The molecule has 0 radical (unpaired) electrons. The summed E-state index contributed by atoms with van der Waals surface area (Å²) in [5.41, 5.74) is 8.53. The van der Waals surface area contributed by atoms with E-state index in [1.54, 1.807) is 30.6 Å². The molecule has 2 aliphatic rings.